The van der Waals surface area contributed by atoms with Crippen molar-refractivity contribution in [3.8, 4) is 11.5 Å². The monoisotopic (exact) mass is 930 g/mol. The van der Waals surface area contributed by atoms with Crippen LogP contribution in [0.15, 0.2) is 106 Å². The van der Waals surface area contributed by atoms with Crippen LogP contribution in [0.3, 0.4) is 0 Å². The van der Waals surface area contributed by atoms with Gasteiger partial charge in [-0.2, -0.15) is 8.78 Å². The fourth-order valence-corrected chi connectivity index (χ4v) is 9.57. The van der Waals surface area contributed by atoms with Crippen molar-refractivity contribution in [1.29, 1.82) is 0 Å². The van der Waals surface area contributed by atoms with Crippen LogP contribution in [0.4, 0.5) is 20.2 Å². The Hall–Kier alpha value is -4.71. The number of carbonyl (C=O) groups is 1. The number of aromatic nitrogens is 1. The largest absolute Gasteiger partial charge is 0.456 e. The number of allylic oxidation sites excluding steroid dienone is 1. The number of nitrogens with one attached hydrogen (secondary N) is 5. The number of benzene rings is 4. The lowest BCUT2D eigenvalue weighted by Gasteiger charge is -2.34. The third-order valence-corrected chi connectivity index (χ3v) is 14.2. The Morgan fingerprint density at radius 3 is 2.40 bits per heavy atom. The molecule has 62 heavy (non-hydrogen) atoms. The molecule has 1 heterocycles. The first-order valence-electron chi connectivity index (χ1n) is 19.9. The van der Waals surface area contributed by atoms with E-state index >= 15 is 0 Å². The number of aromatic amines is 1. The average molecular weight is 932 g/mol. The first kappa shape index (κ1) is 46.8. The van der Waals surface area contributed by atoms with Crippen LogP contribution < -0.4 is 25.4 Å². The maximum absolute atomic E-state index is 14.2. The molecule has 0 saturated carbocycles. The van der Waals surface area contributed by atoms with E-state index in [1.165, 1.54) is 22.8 Å². The van der Waals surface area contributed by atoms with E-state index in [1.807, 2.05) is 41.9 Å². The molecule has 0 spiro atoms. The van der Waals surface area contributed by atoms with Crippen molar-refractivity contribution in [2.45, 2.75) is 54.0 Å². The molecule has 1 aliphatic rings. The summed E-state index contributed by atoms with van der Waals surface area (Å²) >= 11 is 11.2. The van der Waals surface area contributed by atoms with Gasteiger partial charge in [-0.25, -0.2) is 21.6 Å². The zero-order chi connectivity index (χ0) is 44.9. The second-order valence-electron chi connectivity index (χ2n) is 16.2. The molecule has 0 bridgehead atoms. The number of sulfone groups is 1. The van der Waals surface area contributed by atoms with Gasteiger partial charge in [0.15, 0.2) is 0 Å². The Morgan fingerprint density at radius 2 is 1.68 bits per heavy atom. The Labute approximate surface area is 371 Å². The highest BCUT2D eigenvalue weighted by atomic mass is 35.5. The Bertz CT molecular complexity index is 2670. The van der Waals surface area contributed by atoms with Gasteiger partial charge < -0.3 is 30.6 Å². The normalized spacial score (nSPS) is 14.6. The van der Waals surface area contributed by atoms with Gasteiger partial charge in [0.25, 0.3) is 25.8 Å². The summed E-state index contributed by atoms with van der Waals surface area (Å²) in [6.07, 6.45) is 5.29. The summed E-state index contributed by atoms with van der Waals surface area (Å²) in [5.74, 6) is -0.747. The lowest BCUT2D eigenvalue weighted by Crippen LogP contribution is -2.31. The molecule has 0 unspecified atom stereocenters. The zero-order valence-corrected chi connectivity index (χ0v) is 37.9. The number of ether oxygens (including phenoxy) is 1. The highest BCUT2D eigenvalue weighted by molar-refractivity contribution is 7.94. The van der Waals surface area contributed by atoms with Gasteiger partial charge in [0.05, 0.1) is 21.0 Å². The molecule has 5 aromatic rings. The number of alkyl halides is 3. The smallest absolute Gasteiger partial charge is 0.427 e. The molecule has 12 nitrogen and oxygen atoms in total. The van der Waals surface area contributed by atoms with Crippen molar-refractivity contribution in [2.24, 2.45) is 5.41 Å². The number of amides is 1. The van der Waals surface area contributed by atoms with Gasteiger partial charge in [-0.1, -0.05) is 43.2 Å². The Morgan fingerprint density at radius 1 is 0.919 bits per heavy atom. The summed E-state index contributed by atoms with van der Waals surface area (Å²) in [5, 5.41) is 11.2. The van der Waals surface area contributed by atoms with Crippen LogP contribution in [0.25, 0.3) is 16.5 Å². The summed E-state index contributed by atoms with van der Waals surface area (Å²) in [6, 6.07) is 22.2. The number of hydrogen-bond acceptors (Lipinski definition) is 10. The number of carbonyl (C=O) groups excluding carboxylic acids is 1. The van der Waals surface area contributed by atoms with E-state index in [1.54, 1.807) is 36.5 Å². The molecule has 4 aromatic carbocycles. The molecule has 0 atom stereocenters. The van der Waals surface area contributed by atoms with Crippen LogP contribution in [-0.2, 0) is 19.9 Å². The zero-order valence-electron chi connectivity index (χ0n) is 34.7. The van der Waals surface area contributed by atoms with Crippen molar-refractivity contribution < 1.29 is 35.1 Å². The van der Waals surface area contributed by atoms with E-state index in [2.05, 4.69) is 46.9 Å². The lowest BCUT2D eigenvalue weighted by atomic mass is 9.72. The average Bonchev–Trinajstić information content (AvgIpc) is 3.67. The van der Waals surface area contributed by atoms with Crippen LogP contribution in [-0.4, -0.2) is 84.2 Å². The van der Waals surface area contributed by atoms with Gasteiger partial charge in [0, 0.05) is 60.1 Å². The molecule has 1 amide bonds. The van der Waals surface area contributed by atoms with E-state index in [0.717, 1.165) is 42.3 Å². The van der Waals surface area contributed by atoms with Crippen molar-refractivity contribution in [3.05, 3.63) is 113 Å². The minimum atomic E-state index is -5.58. The van der Waals surface area contributed by atoms with E-state index in [-0.39, 0.29) is 29.0 Å². The summed E-state index contributed by atoms with van der Waals surface area (Å²) < 4.78 is 85.0. The van der Waals surface area contributed by atoms with Crippen LogP contribution in [0.1, 0.15) is 55.5 Å². The highest BCUT2D eigenvalue weighted by Crippen LogP contribution is 2.43. The standard InChI is InChI=1S/C44H50Cl2F2N6O6S2/c1-43(2)18-16-31(37(27-43)29-6-8-32(45)9-7-29)28-49-21-22-50-33-10-13-36(40(25-33)60-34-11-14-38-30(24-34)17-20-52-38)42(55)53-62(58,59)35-12-15-39(51-19-5-23-54(3)4)41(26-35)61(56,57)44(46,47)48/h6-15,17,20,24-26,49-52H,5,16,18-19,21-23,27-28H2,1-4H3,(H,53,55). The molecule has 5 N–H and O–H groups in total. The third kappa shape index (κ3) is 11.6. The van der Waals surface area contributed by atoms with E-state index in [0.29, 0.717) is 55.1 Å². The van der Waals surface area contributed by atoms with Crippen molar-refractivity contribution >= 4 is 76.8 Å². The molecule has 18 heteroatoms. The van der Waals surface area contributed by atoms with Crippen molar-refractivity contribution in [2.75, 3.05) is 57.5 Å². The minimum Gasteiger partial charge on any atom is -0.456 e. The molecule has 0 fully saturated rings. The predicted octanol–water partition coefficient (Wildman–Crippen LogP) is 9.32. The quantitative estimate of drug-likeness (QED) is 0.0399. The molecule has 1 aromatic heterocycles. The second-order valence-corrected chi connectivity index (χ2v) is 21.0. The SMILES string of the molecule is CN(C)CCCNc1ccc(S(=O)(=O)NC(=O)c2ccc(NCCNCC3=C(c4ccc(Cl)cc4)CC(C)(C)CC3)cc2Oc2ccc3[nH]ccc3c2)cc1S(=O)(=O)C(F)(F)Cl. The number of nitrogens with zero attached hydrogens (tertiary/aromatic N) is 1. The van der Waals surface area contributed by atoms with Gasteiger partial charge in [-0.15, -0.1) is 0 Å². The van der Waals surface area contributed by atoms with E-state index in [4.69, 9.17) is 27.9 Å². The number of sulfonamides is 1. The van der Waals surface area contributed by atoms with Gasteiger partial charge in [-0.05, 0) is 141 Å². The fraction of sp³-hybridized carbons (Fsp3) is 0.341. The molecule has 1 aliphatic carbocycles. The second kappa shape index (κ2) is 19.4. The molecule has 332 valence electrons. The summed E-state index contributed by atoms with van der Waals surface area (Å²) in [4.78, 5) is 17.0. The minimum absolute atomic E-state index is 0.00967. The highest BCUT2D eigenvalue weighted by Gasteiger charge is 2.46. The molecule has 0 saturated heterocycles. The van der Waals surface area contributed by atoms with Gasteiger partial charge in [-0.3, -0.25) is 4.79 Å². The molecule has 6 rings (SSSR count). The van der Waals surface area contributed by atoms with Gasteiger partial charge in [0.1, 0.15) is 11.5 Å². The van der Waals surface area contributed by atoms with E-state index in [9.17, 15) is 30.4 Å². The molecular weight excluding hydrogens is 882 g/mol. The summed E-state index contributed by atoms with van der Waals surface area (Å²) in [6.45, 7) is 7.15. The van der Waals surface area contributed by atoms with Crippen LogP contribution in [0, 0.1) is 5.41 Å². The number of fused-ring (bicyclic) bond motifs is 1. The topological polar surface area (TPSA) is 162 Å². The number of anilines is 2. The third-order valence-electron chi connectivity index (χ3n) is 10.5. The Kier molecular flexibility index (Phi) is 14.6. The van der Waals surface area contributed by atoms with Crippen LogP contribution in [0.2, 0.25) is 5.02 Å². The number of rotatable bonds is 19. The van der Waals surface area contributed by atoms with Crippen molar-refractivity contribution in [1.82, 2.24) is 19.9 Å². The first-order chi connectivity index (χ1) is 29.2. The number of H-pyrrole nitrogens is 1. The number of hydrogen-bond donors (Lipinski definition) is 5. The maximum atomic E-state index is 14.2. The molecule has 0 aliphatic heterocycles. The van der Waals surface area contributed by atoms with Crippen LogP contribution >= 0.6 is 23.2 Å². The molecule has 0 radical (unpaired) electrons. The van der Waals surface area contributed by atoms with Crippen LogP contribution in [0.5, 0.6) is 11.5 Å². The first-order valence-corrected chi connectivity index (χ1v) is 23.7. The predicted molar refractivity (Wildman–Crippen MR) is 243 cm³/mol. The summed E-state index contributed by atoms with van der Waals surface area (Å²) in [5.41, 5.74) is 5.01. The molecular formula is C44H50Cl2F2N6O6S2. The van der Waals surface area contributed by atoms with Gasteiger partial charge in [0.2, 0.25) is 0 Å². The summed E-state index contributed by atoms with van der Waals surface area (Å²) in [7, 11) is -6.77. The van der Waals surface area contributed by atoms with E-state index < -0.39 is 40.3 Å². The number of halogens is 4. The van der Waals surface area contributed by atoms with Crippen molar-refractivity contribution in [3.63, 3.8) is 0 Å². The fourth-order valence-electron chi connectivity index (χ4n) is 7.16. The maximum Gasteiger partial charge on any atom is 0.427 e. The lowest BCUT2D eigenvalue weighted by molar-refractivity contribution is 0.0979. The van der Waals surface area contributed by atoms with Gasteiger partial charge >= 0.3 is 4.71 Å². The Balaban J connectivity index is 1.20.